The molecule has 1 atom stereocenters. The standard InChI is InChI=1S/C40H39N3O2/c41-40(44)37-21-19-27(22-38(37)43-30-12-5-2-6-13-30)18-20-34-33-14-7-8-15-35(33)39-32(16-9-17-36(34)39)29-23-31(25-42-24-29)45-26-28-10-3-1-4-11-28/h1,3-4,7-11,14-17,19,21-25,30,34,43H,2,5-6,12-13,18,20,26H2,(H2,41,44). The van der Waals surface area contributed by atoms with Crippen LogP contribution in [0.1, 0.15) is 77.1 Å². The lowest BCUT2D eigenvalue weighted by Crippen LogP contribution is -2.24. The molecule has 1 saturated carbocycles. The number of aryl methyl sites for hydroxylation is 1. The molecular formula is C40H39N3O2. The van der Waals surface area contributed by atoms with E-state index in [0.29, 0.717) is 18.2 Å². The number of primary amides is 1. The lowest BCUT2D eigenvalue weighted by molar-refractivity contribution is 0.100. The van der Waals surface area contributed by atoms with E-state index in [1.165, 1.54) is 52.6 Å². The Hall–Kier alpha value is -4.90. The van der Waals surface area contributed by atoms with Crippen LogP contribution in [0.3, 0.4) is 0 Å². The third-order valence-electron chi connectivity index (χ3n) is 9.39. The van der Waals surface area contributed by atoms with E-state index in [-0.39, 0.29) is 11.8 Å². The van der Waals surface area contributed by atoms with Crippen LogP contribution in [-0.4, -0.2) is 16.9 Å². The number of aromatic nitrogens is 1. The molecule has 3 N–H and O–H groups in total. The van der Waals surface area contributed by atoms with Crippen molar-refractivity contribution in [2.24, 2.45) is 5.73 Å². The van der Waals surface area contributed by atoms with Crippen molar-refractivity contribution in [1.29, 1.82) is 0 Å². The molecule has 0 aliphatic heterocycles. The number of ether oxygens (including phenoxy) is 1. The average molecular weight is 594 g/mol. The molecule has 1 unspecified atom stereocenters. The van der Waals surface area contributed by atoms with Crippen LogP contribution in [0.15, 0.2) is 109 Å². The number of hydrogen-bond acceptors (Lipinski definition) is 4. The minimum absolute atomic E-state index is 0.271. The van der Waals surface area contributed by atoms with Crippen molar-refractivity contribution in [2.45, 2.75) is 63.5 Å². The molecule has 45 heavy (non-hydrogen) atoms. The summed E-state index contributed by atoms with van der Waals surface area (Å²) in [6.45, 7) is 0.502. The van der Waals surface area contributed by atoms with E-state index < -0.39 is 0 Å². The number of hydrogen-bond donors (Lipinski definition) is 2. The van der Waals surface area contributed by atoms with Crippen LogP contribution < -0.4 is 15.8 Å². The van der Waals surface area contributed by atoms with E-state index in [0.717, 1.165) is 48.2 Å². The average Bonchev–Trinajstić information content (AvgIpc) is 3.41. The van der Waals surface area contributed by atoms with Gasteiger partial charge in [-0.25, -0.2) is 0 Å². The number of nitrogens with one attached hydrogen (secondary N) is 1. The Morgan fingerprint density at radius 3 is 2.42 bits per heavy atom. The van der Waals surface area contributed by atoms with Crippen molar-refractivity contribution >= 4 is 11.6 Å². The number of rotatable bonds is 10. The summed E-state index contributed by atoms with van der Waals surface area (Å²) in [6.07, 6.45) is 11.6. The zero-order valence-electron chi connectivity index (χ0n) is 25.5. The second-order valence-corrected chi connectivity index (χ2v) is 12.4. The summed E-state index contributed by atoms with van der Waals surface area (Å²) in [5, 5.41) is 3.66. The number of nitrogens with zero attached hydrogens (tertiary/aromatic N) is 1. The molecule has 2 aliphatic rings. The number of benzene rings is 4. The molecule has 5 heteroatoms. The number of carbonyl (C=O) groups is 1. The molecule has 0 saturated heterocycles. The highest BCUT2D eigenvalue weighted by molar-refractivity contribution is 5.98. The van der Waals surface area contributed by atoms with E-state index in [9.17, 15) is 4.79 Å². The highest BCUT2D eigenvalue weighted by Gasteiger charge is 2.30. The second-order valence-electron chi connectivity index (χ2n) is 12.4. The monoisotopic (exact) mass is 593 g/mol. The molecule has 1 heterocycles. The predicted octanol–water partition coefficient (Wildman–Crippen LogP) is 8.92. The number of nitrogens with two attached hydrogens (primary N) is 1. The van der Waals surface area contributed by atoms with Crippen LogP contribution in [0.25, 0.3) is 22.3 Å². The first kappa shape index (κ1) is 28.8. The largest absolute Gasteiger partial charge is 0.487 e. The van der Waals surface area contributed by atoms with E-state index in [4.69, 9.17) is 10.5 Å². The first-order chi connectivity index (χ1) is 22.1. The molecule has 1 amide bonds. The molecular weight excluding hydrogens is 554 g/mol. The minimum Gasteiger partial charge on any atom is -0.487 e. The summed E-state index contributed by atoms with van der Waals surface area (Å²) >= 11 is 0. The molecule has 1 aromatic heterocycles. The quantitative estimate of drug-likeness (QED) is 0.170. The van der Waals surface area contributed by atoms with Crippen molar-refractivity contribution in [3.8, 4) is 28.0 Å². The number of anilines is 1. The van der Waals surface area contributed by atoms with Crippen molar-refractivity contribution in [1.82, 2.24) is 4.98 Å². The molecule has 4 aromatic carbocycles. The Morgan fingerprint density at radius 1 is 0.800 bits per heavy atom. The second kappa shape index (κ2) is 13.0. The molecule has 5 aromatic rings. The van der Waals surface area contributed by atoms with E-state index in [2.05, 4.69) is 83.1 Å². The van der Waals surface area contributed by atoms with Gasteiger partial charge in [0.2, 0.25) is 0 Å². The van der Waals surface area contributed by atoms with E-state index >= 15 is 0 Å². The number of amides is 1. The Kier molecular flexibility index (Phi) is 8.33. The molecule has 0 bridgehead atoms. The fourth-order valence-corrected chi connectivity index (χ4v) is 7.15. The van der Waals surface area contributed by atoms with E-state index in [1.54, 1.807) is 6.20 Å². The number of fused-ring (bicyclic) bond motifs is 3. The van der Waals surface area contributed by atoms with Gasteiger partial charge in [0.1, 0.15) is 12.4 Å². The minimum atomic E-state index is -0.380. The number of pyridine rings is 1. The summed E-state index contributed by atoms with van der Waals surface area (Å²) < 4.78 is 6.14. The third-order valence-corrected chi connectivity index (χ3v) is 9.39. The third kappa shape index (κ3) is 6.21. The van der Waals surface area contributed by atoms with Crippen molar-refractivity contribution in [2.75, 3.05) is 5.32 Å². The molecule has 0 radical (unpaired) electrons. The smallest absolute Gasteiger partial charge is 0.250 e. The van der Waals surface area contributed by atoms with Gasteiger partial charge in [-0.2, -0.15) is 0 Å². The lowest BCUT2D eigenvalue weighted by atomic mass is 9.89. The van der Waals surface area contributed by atoms with Crippen LogP contribution >= 0.6 is 0 Å². The first-order valence-electron chi connectivity index (χ1n) is 16.2. The zero-order valence-corrected chi connectivity index (χ0v) is 25.5. The van der Waals surface area contributed by atoms with Crippen LogP contribution in [0.5, 0.6) is 5.75 Å². The van der Waals surface area contributed by atoms with Crippen molar-refractivity contribution in [3.05, 3.63) is 137 Å². The first-order valence-corrected chi connectivity index (χ1v) is 16.2. The highest BCUT2D eigenvalue weighted by atomic mass is 16.5. The zero-order chi connectivity index (χ0) is 30.6. The molecule has 5 nitrogen and oxygen atoms in total. The van der Waals surface area contributed by atoms with Gasteiger partial charge in [0, 0.05) is 29.4 Å². The maximum Gasteiger partial charge on any atom is 0.250 e. The topological polar surface area (TPSA) is 77.2 Å². The SMILES string of the molecule is NC(=O)c1ccc(CCC2c3ccccc3-c3c(-c4cncc(OCc5ccccc5)c4)cccc32)cc1NC1CCCCC1. The predicted molar refractivity (Wildman–Crippen MR) is 182 cm³/mol. The Morgan fingerprint density at radius 2 is 1.58 bits per heavy atom. The van der Waals surface area contributed by atoms with Gasteiger partial charge >= 0.3 is 0 Å². The van der Waals surface area contributed by atoms with Crippen LogP contribution in [-0.2, 0) is 13.0 Å². The maximum absolute atomic E-state index is 12.3. The number of carbonyl (C=O) groups excluding carboxylic acids is 1. The van der Waals surface area contributed by atoms with Gasteiger partial charge in [-0.05, 0) is 82.8 Å². The van der Waals surface area contributed by atoms with Gasteiger partial charge in [0.05, 0.1) is 11.8 Å². The molecule has 7 rings (SSSR count). The lowest BCUT2D eigenvalue weighted by Gasteiger charge is -2.25. The van der Waals surface area contributed by atoms with Gasteiger partial charge in [-0.15, -0.1) is 0 Å². The Bertz CT molecular complexity index is 1810. The van der Waals surface area contributed by atoms with Gasteiger partial charge in [-0.1, -0.05) is 98.1 Å². The molecule has 0 spiro atoms. The molecule has 226 valence electrons. The molecule has 1 fully saturated rings. The summed E-state index contributed by atoms with van der Waals surface area (Å²) in [7, 11) is 0. The fraction of sp³-hybridized carbons (Fsp3) is 0.250. The van der Waals surface area contributed by atoms with Crippen molar-refractivity contribution < 1.29 is 9.53 Å². The summed E-state index contributed by atoms with van der Waals surface area (Å²) in [5.41, 5.74) is 17.1. The summed E-state index contributed by atoms with van der Waals surface area (Å²) in [4.78, 5) is 16.8. The maximum atomic E-state index is 12.3. The Balaban J connectivity index is 1.15. The normalized spacial score (nSPS) is 15.7. The summed E-state index contributed by atoms with van der Waals surface area (Å²) in [6, 6.07) is 34.2. The van der Waals surface area contributed by atoms with Gasteiger partial charge in [0.25, 0.3) is 5.91 Å². The van der Waals surface area contributed by atoms with Crippen LogP contribution in [0.2, 0.25) is 0 Å². The van der Waals surface area contributed by atoms with Gasteiger partial charge in [-0.3, -0.25) is 9.78 Å². The van der Waals surface area contributed by atoms with Gasteiger partial charge < -0.3 is 15.8 Å². The molecule has 2 aliphatic carbocycles. The summed E-state index contributed by atoms with van der Waals surface area (Å²) in [5.74, 6) is 0.649. The van der Waals surface area contributed by atoms with Crippen LogP contribution in [0.4, 0.5) is 5.69 Å². The Labute approximate surface area is 265 Å². The van der Waals surface area contributed by atoms with E-state index in [1.807, 2.05) is 30.5 Å². The van der Waals surface area contributed by atoms with Crippen molar-refractivity contribution in [3.63, 3.8) is 0 Å². The fourth-order valence-electron chi connectivity index (χ4n) is 7.15. The van der Waals surface area contributed by atoms with Crippen LogP contribution in [0, 0.1) is 0 Å². The highest BCUT2D eigenvalue weighted by Crippen LogP contribution is 2.50. The van der Waals surface area contributed by atoms with Gasteiger partial charge in [0.15, 0.2) is 0 Å².